The van der Waals surface area contributed by atoms with E-state index in [1.54, 1.807) is 36.4 Å². The van der Waals surface area contributed by atoms with E-state index in [0.29, 0.717) is 11.3 Å². The Labute approximate surface area is 155 Å². The second kappa shape index (κ2) is 8.01. The molecule has 0 aliphatic rings. The van der Waals surface area contributed by atoms with Gasteiger partial charge in [-0.1, -0.05) is 23.8 Å². The molecule has 0 saturated carbocycles. The molecule has 7 nitrogen and oxygen atoms in total. The van der Waals surface area contributed by atoms with E-state index in [4.69, 9.17) is 4.42 Å². The summed E-state index contributed by atoms with van der Waals surface area (Å²) in [4.78, 5) is 36.2. The van der Waals surface area contributed by atoms with Crippen molar-refractivity contribution in [2.75, 3.05) is 5.32 Å². The number of hydrogen-bond donors (Lipinski definition) is 3. The van der Waals surface area contributed by atoms with Crippen molar-refractivity contribution >= 4 is 23.4 Å². The van der Waals surface area contributed by atoms with Crippen molar-refractivity contribution in [1.82, 2.24) is 10.9 Å². The maximum atomic E-state index is 12.3. The van der Waals surface area contributed by atoms with Crippen molar-refractivity contribution in [2.24, 2.45) is 0 Å². The summed E-state index contributed by atoms with van der Waals surface area (Å²) in [5.74, 6) is -1.30. The van der Waals surface area contributed by atoms with Gasteiger partial charge in [0.15, 0.2) is 5.76 Å². The average molecular weight is 363 g/mol. The first-order valence-electron chi connectivity index (χ1n) is 8.15. The average Bonchev–Trinajstić information content (AvgIpc) is 3.21. The standard InChI is InChI=1S/C20H17N3O4/c1-13-7-9-14(10-8-13)18(24)21-16-5-2-4-15(12-16)19(25)22-23-20(26)17-6-3-11-27-17/h2-12H,1H3,(H,21,24)(H,22,25)(H,23,26). The summed E-state index contributed by atoms with van der Waals surface area (Å²) in [5.41, 5.74) is 6.86. The molecule has 1 aromatic heterocycles. The third kappa shape index (κ3) is 4.60. The fourth-order valence-corrected chi connectivity index (χ4v) is 2.30. The highest BCUT2D eigenvalue weighted by atomic mass is 16.3. The van der Waals surface area contributed by atoms with Gasteiger partial charge in [0, 0.05) is 16.8 Å². The predicted octanol–water partition coefficient (Wildman–Crippen LogP) is 2.92. The van der Waals surface area contributed by atoms with Gasteiger partial charge in [0.1, 0.15) is 0 Å². The molecular formula is C20H17N3O4. The van der Waals surface area contributed by atoms with Crippen LogP contribution in [0.4, 0.5) is 5.69 Å². The Balaban J connectivity index is 1.62. The van der Waals surface area contributed by atoms with Crippen LogP contribution in [0.1, 0.15) is 36.8 Å². The van der Waals surface area contributed by atoms with Crippen LogP contribution < -0.4 is 16.2 Å². The van der Waals surface area contributed by atoms with E-state index in [-0.39, 0.29) is 17.2 Å². The molecule has 136 valence electrons. The maximum absolute atomic E-state index is 12.3. The minimum Gasteiger partial charge on any atom is -0.459 e. The second-order valence-electron chi connectivity index (χ2n) is 5.79. The molecular weight excluding hydrogens is 346 g/mol. The lowest BCUT2D eigenvalue weighted by atomic mass is 10.1. The lowest BCUT2D eigenvalue weighted by molar-refractivity contribution is 0.0831. The van der Waals surface area contributed by atoms with Gasteiger partial charge >= 0.3 is 5.91 Å². The van der Waals surface area contributed by atoms with Gasteiger partial charge in [-0.15, -0.1) is 0 Å². The number of hydrazine groups is 1. The maximum Gasteiger partial charge on any atom is 0.305 e. The van der Waals surface area contributed by atoms with Gasteiger partial charge < -0.3 is 9.73 Å². The first-order chi connectivity index (χ1) is 13.0. The first-order valence-corrected chi connectivity index (χ1v) is 8.15. The van der Waals surface area contributed by atoms with Crippen LogP contribution in [0.2, 0.25) is 0 Å². The summed E-state index contributed by atoms with van der Waals surface area (Å²) in [6.07, 6.45) is 1.36. The van der Waals surface area contributed by atoms with E-state index in [9.17, 15) is 14.4 Å². The Morgan fingerprint density at radius 3 is 2.22 bits per heavy atom. The lowest BCUT2D eigenvalue weighted by Crippen LogP contribution is -2.41. The van der Waals surface area contributed by atoms with Crippen LogP contribution in [-0.2, 0) is 0 Å². The third-order valence-electron chi connectivity index (χ3n) is 3.73. The minimum atomic E-state index is -0.572. The summed E-state index contributed by atoms with van der Waals surface area (Å²) >= 11 is 0. The van der Waals surface area contributed by atoms with Gasteiger partial charge in [0.05, 0.1) is 6.26 Å². The number of anilines is 1. The Morgan fingerprint density at radius 1 is 0.778 bits per heavy atom. The van der Waals surface area contributed by atoms with Crippen LogP contribution in [0.25, 0.3) is 0 Å². The number of aryl methyl sites for hydroxylation is 1. The molecule has 3 rings (SSSR count). The molecule has 0 radical (unpaired) electrons. The van der Waals surface area contributed by atoms with Gasteiger partial charge in [-0.2, -0.15) is 0 Å². The number of carbonyl (C=O) groups excluding carboxylic acids is 3. The number of amides is 3. The molecule has 0 aliphatic carbocycles. The topological polar surface area (TPSA) is 100 Å². The van der Waals surface area contributed by atoms with Crippen LogP contribution >= 0.6 is 0 Å². The predicted molar refractivity (Wildman–Crippen MR) is 99.2 cm³/mol. The minimum absolute atomic E-state index is 0.0782. The van der Waals surface area contributed by atoms with E-state index in [2.05, 4.69) is 16.2 Å². The SMILES string of the molecule is Cc1ccc(C(=O)Nc2cccc(C(=O)NNC(=O)c3ccco3)c2)cc1. The smallest absolute Gasteiger partial charge is 0.305 e. The second-order valence-corrected chi connectivity index (χ2v) is 5.79. The molecule has 0 aliphatic heterocycles. The van der Waals surface area contributed by atoms with E-state index < -0.39 is 11.8 Å². The fourth-order valence-electron chi connectivity index (χ4n) is 2.30. The Kier molecular flexibility index (Phi) is 5.32. The summed E-state index contributed by atoms with van der Waals surface area (Å²) in [5, 5.41) is 2.74. The van der Waals surface area contributed by atoms with Crippen LogP contribution in [0, 0.1) is 6.92 Å². The van der Waals surface area contributed by atoms with Crippen LogP contribution in [-0.4, -0.2) is 17.7 Å². The molecule has 3 amide bonds. The lowest BCUT2D eigenvalue weighted by Gasteiger charge is -2.09. The molecule has 3 N–H and O–H groups in total. The molecule has 0 bridgehead atoms. The number of carbonyl (C=O) groups is 3. The van der Waals surface area contributed by atoms with Crippen LogP contribution in [0.3, 0.4) is 0 Å². The summed E-state index contributed by atoms with van der Waals surface area (Å²) in [6.45, 7) is 1.94. The van der Waals surface area contributed by atoms with E-state index in [0.717, 1.165) is 5.56 Å². The van der Waals surface area contributed by atoms with E-state index in [1.807, 2.05) is 19.1 Å². The van der Waals surface area contributed by atoms with Crippen LogP contribution in [0.5, 0.6) is 0 Å². The largest absolute Gasteiger partial charge is 0.459 e. The summed E-state index contributed by atoms with van der Waals surface area (Å²) < 4.78 is 4.93. The molecule has 2 aromatic carbocycles. The van der Waals surface area contributed by atoms with Crippen molar-refractivity contribution in [3.63, 3.8) is 0 Å². The first kappa shape index (κ1) is 17.9. The molecule has 1 heterocycles. The molecule has 0 atom stereocenters. The quantitative estimate of drug-likeness (QED) is 0.621. The number of nitrogens with one attached hydrogen (secondary N) is 3. The number of rotatable bonds is 4. The zero-order chi connectivity index (χ0) is 19.2. The molecule has 0 fully saturated rings. The number of benzene rings is 2. The molecule has 0 unspecified atom stereocenters. The van der Waals surface area contributed by atoms with Gasteiger partial charge in [0.25, 0.3) is 11.8 Å². The summed E-state index contributed by atoms with van der Waals surface area (Å²) in [7, 11) is 0. The van der Waals surface area contributed by atoms with E-state index >= 15 is 0 Å². The molecule has 7 heteroatoms. The summed E-state index contributed by atoms with van der Waals surface area (Å²) in [6, 6.07) is 16.6. The van der Waals surface area contributed by atoms with E-state index in [1.165, 1.54) is 18.4 Å². The van der Waals surface area contributed by atoms with Crippen LogP contribution in [0.15, 0.2) is 71.3 Å². The van der Waals surface area contributed by atoms with Gasteiger partial charge in [0.2, 0.25) is 0 Å². The number of hydrogen-bond acceptors (Lipinski definition) is 4. The highest BCUT2D eigenvalue weighted by Crippen LogP contribution is 2.13. The normalized spacial score (nSPS) is 10.1. The van der Waals surface area contributed by atoms with Crippen molar-refractivity contribution in [2.45, 2.75) is 6.92 Å². The Bertz CT molecular complexity index is 963. The van der Waals surface area contributed by atoms with Crippen molar-refractivity contribution in [3.8, 4) is 0 Å². The zero-order valence-electron chi connectivity index (χ0n) is 14.5. The van der Waals surface area contributed by atoms with Gasteiger partial charge in [-0.05, 0) is 49.4 Å². The fraction of sp³-hybridized carbons (Fsp3) is 0.0500. The molecule has 3 aromatic rings. The molecule has 0 saturated heterocycles. The van der Waals surface area contributed by atoms with Gasteiger partial charge in [-0.25, -0.2) is 0 Å². The zero-order valence-corrected chi connectivity index (χ0v) is 14.5. The monoisotopic (exact) mass is 363 g/mol. The van der Waals surface area contributed by atoms with Crippen molar-refractivity contribution in [1.29, 1.82) is 0 Å². The van der Waals surface area contributed by atoms with Crippen molar-refractivity contribution < 1.29 is 18.8 Å². The van der Waals surface area contributed by atoms with Gasteiger partial charge in [-0.3, -0.25) is 25.2 Å². The Hall–Kier alpha value is -3.87. The Morgan fingerprint density at radius 2 is 1.52 bits per heavy atom. The van der Waals surface area contributed by atoms with Crippen molar-refractivity contribution in [3.05, 3.63) is 89.4 Å². The third-order valence-corrected chi connectivity index (χ3v) is 3.73. The molecule has 27 heavy (non-hydrogen) atoms. The highest BCUT2D eigenvalue weighted by molar-refractivity contribution is 6.05. The molecule has 0 spiro atoms. The number of furan rings is 1. The highest BCUT2D eigenvalue weighted by Gasteiger charge is 2.12.